The smallest absolute Gasteiger partial charge is 0.255 e. The maximum Gasteiger partial charge on any atom is 0.255 e. The number of aromatic nitrogens is 2. The summed E-state index contributed by atoms with van der Waals surface area (Å²) in [6, 6.07) is 7.49. The summed E-state index contributed by atoms with van der Waals surface area (Å²) >= 11 is 6.38. The molecule has 1 saturated carbocycles. The fourth-order valence-electron chi connectivity index (χ4n) is 4.93. The largest absolute Gasteiger partial charge is 0.493 e. The Bertz CT molecular complexity index is 1350. The molecule has 2 aliphatic heterocycles. The van der Waals surface area contributed by atoms with Crippen LogP contribution in [0.1, 0.15) is 42.2 Å². The highest BCUT2D eigenvalue weighted by Gasteiger charge is 2.48. The van der Waals surface area contributed by atoms with E-state index in [-0.39, 0.29) is 29.6 Å². The van der Waals surface area contributed by atoms with Crippen molar-refractivity contribution in [3.63, 3.8) is 0 Å². The van der Waals surface area contributed by atoms with Crippen molar-refractivity contribution in [2.45, 2.75) is 43.9 Å². The molecule has 4 heterocycles. The molecule has 3 aromatic rings. The van der Waals surface area contributed by atoms with Crippen molar-refractivity contribution in [1.82, 2.24) is 15.3 Å². The lowest BCUT2D eigenvalue weighted by atomic mass is 10.0. The molecular formula is C27H29ClN4O5. The summed E-state index contributed by atoms with van der Waals surface area (Å²) in [6.45, 7) is 5.26. The standard InChI is InChI=1S/C27H29ClN4O5/c1-27(2)13-36-14(12-37-27)11-35-20-10-29-8-7-15(20)23-24(30-18-6-4-5-17(28)25(18)34-3)21-22(32-23)16-9-19(16)31-26(21)33/h4-8,10,14,16,19,30,32H,9,11-13H2,1-3H3,(H,31,33)/t14-,16-,19+/m0/s1. The topological polar surface area (TPSA) is 107 Å². The maximum atomic E-state index is 13.2. The molecule has 0 radical (unpaired) electrons. The number of nitrogens with one attached hydrogen (secondary N) is 3. The molecule has 37 heavy (non-hydrogen) atoms. The minimum Gasteiger partial charge on any atom is -0.493 e. The SMILES string of the molecule is COc1c(Cl)cccc1Nc1c(-c2ccncc2OC[C@H]2COC(C)(C)CO2)[nH]c2c1C(=O)N[C@@H]1C[C@H]21. The predicted octanol–water partition coefficient (Wildman–Crippen LogP) is 4.65. The lowest BCUT2D eigenvalue weighted by Gasteiger charge is -2.34. The minimum atomic E-state index is -0.303. The summed E-state index contributed by atoms with van der Waals surface area (Å²) in [7, 11) is 1.56. The summed E-state index contributed by atoms with van der Waals surface area (Å²) in [5.74, 6) is 1.20. The molecule has 0 unspecified atom stereocenters. The van der Waals surface area contributed by atoms with Gasteiger partial charge in [0.2, 0.25) is 0 Å². The highest BCUT2D eigenvalue weighted by atomic mass is 35.5. The van der Waals surface area contributed by atoms with E-state index in [0.717, 1.165) is 23.4 Å². The number of aromatic amines is 1. The predicted molar refractivity (Wildman–Crippen MR) is 139 cm³/mol. The van der Waals surface area contributed by atoms with E-state index in [4.69, 9.17) is 30.5 Å². The third-order valence-corrected chi connectivity index (χ3v) is 7.27. The molecule has 3 N–H and O–H groups in total. The number of fused-ring (bicyclic) bond motifs is 3. The van der Waals surface area contributed by atoms with Gasteiger partial charge in [-0.3, -0.25) is 9.78 Å². The van der Waals surface area contributed by atoms with Crippen molar-refractivity contribution >= 4 is 28.9 Å². The Morgan fingerprint density at radius 2 is 2.16 bits per heavy atom. The van der Waals surface area contributed by atoms with Gasteiger partial charge in [0.25, 0.3) is 5.91 Å². The molecule has 0 spiro atoms. The van der Waals surface area contributed by atoms with E-state index < -0.39 is 0 Å². The van der Waals surface area contributed by atoms with Gasteiger partial charge in [0.15, 0.2) is 5.75 Å². The fourth-order valence-corrected chi connectivity index (χ4v) is 5.18. The molecule has 0 bridgehead atoms. The number of carbonyl (C=O) groups is 1. The van der Waals surface area contributed by atoms with E-state index in [1.54, 1.807) is 25.6 Å². The molecule has 1 saturated heterocycles. The van der Waals surface area contributed by atoms with E-state index in [0.29, 0.717) is 53.3 Å². The van der Waals surface area contributed by atoms with Crippen LogP contribution >= 0.6 is 11.6 Å². The Labute approximate surface area is 219 Å². The van der Waals surface area contributed by atoms with Crippen LogP contribution in [0.5, 0.6) is 11.5 Å². The number of amides is 1. The molecule has 2 fully saturated rings. The number of H-pyrrole nitrogens is 1. The van der Waals surface area contributed by atoms with E-state index in [2.05, 4.69) is 20.6 Å². The van der Waals surface area contributed by atoms with Crippen molar-refractivity contribution in [2.24, 2.45) is 0 Å². The quantitative estimate of drug-likeness (QED) is 0.413. The van der Waals surface area contributed by atoms with Gasteiger partial charge in [-0.15, -0.1) is 0 Å². The second-order valence-electron chi connectivity index (χ2n) is 10.2. The molecule has 1 aliphatic carbocycles. The number of methoxy groups -OCH3 is 1. The molecule has 194 valence electrons. The zero-order valence-electron chi connectivity index (χ0n) is 20.9. The number of ether oxygens (including phenoxy) is 4. The zero-order valence-corrected chi connectivity index (χ0v) is 21.6. The van der Waals surface area contributed by atoms with Crippen LogP contribution in [0, 0.1) is 0 Å². The van der Waals surface area contributed by atoms with Crippen molar-refractivity contribution < 1.29 is 23.7 Å². The molecule has 3 atom stereocenters. The van der Waals surface area contributed by atoms with Crippen LogP contribution in [0.2, 0.25) is 5.02 Å². The van der Waals surface area contributed by atoms with Crippen LogP contribution in [0.3, 0.4) is 0 Å². The second-order valence-corrected chi connectivity index (χ2v) is 10.6. The summed E-state index contributed by atoms with van der Waals surface area (Å²) in [4.78, 5) is 21.0. The van der Waals surface area contributed by atoms with Gasteiger partial charge in [-0.05, 0) is 38.5 Å². The molecule has 3 aliphatic rings. The average Bonchev–Trinajstić information content (AvgIpc) is 3.55. The van der Waals surface area contributed by atoms with Crippen LogP contribution in [0.15, 0.2) is 36.7 Å². The van der Waals surface area contributed by atoms with Crippen molar-refractivity contribution in [2.75, 3.05) is 32.2 Å². The lowest BCUT2D eigenvalue weighted by molar-refractivity contribution is -0.181. The first-order valence-electron chi connectivity index (χ1n) is 12.3. The molecule has 6 rings (SSSR count). The first-order chi connectivity index (χ1) is 17.8. The zero-order chi connectivity index (χ0) is 25.7. The van der Waals surface area contributed by atoms with Crippen molar-refractivity contribution in [3.05, 3.63) is 52.9 Å². The monoisotopic (exact) mass is 524 g/mol. The van der Waals surface area contributed by atoms with E-state index in [1.165, 1.54) is 0 Å². The van der Waals surface area contributed by atoms with Gasteiger partial charge in [0, 0.05) is 29.4 Å². The second kappa shape index (κ2) is 9.24. The highest BCUT2D eigenvalue weighted by molar-refractivity contribution is 6.32. The first-order valence-corrected chi connectivity index (χ1v) is 12.7. The molecule has 10 heteroatoms. The van der Waals surface area contributed by atoms with E-state index in [1.807, 2.05) is 32.0 Å². The Morgan fingerprint density at radius 3 is 2.95 bits per heavy atom. The van der Waals surface area contributed by atoms with Crippen molar-refractivity contribution in [1.29, 1.82) is 0 Å². The Balaban J connectivity index is 1.37. The van der Waals surface area contributed by atoms with Gasteiger partial charge < -0.3 is 34.6 Å². The number of nitrogens with zero attached hydrogens (tertiary/aromatic N) is 1. The van der Waals surface area contributed by atoms with Crippen molar-refractivity contribution in [3.8, 4) is 22.8 Å². The van der Waals surface area contributed by atoms with Gasteiger partial charge in [-0.25, -0.2) is 0 Å². The van der Waals surface area contributed by atoms with Gasteiger partial charge in [-0.1, -0.05) is 17.7 Å². The van der Waals surface area contributed by atoms with Gasteiger partial charge in [0.05, 0.1) is 59.8 Å². The summed E-state index contributed by atoms with van der Waals surface area (Å²) in [5.41, 5.74) is 3.99. The third-order valence-electron chi connectivity index (χ3n) is 6.97. The molecule has 2 aromatic heterocycles. The maximum absolute atomic E-state index is 13.2. The van der Waals surface area contributed by atoms with Gasteiger partial charge in [0.1, 0.15) is 18.5 Å². The number of hydrogen-bond donors (Lipinski definition) is 3. The number of hydrogen-bond acceptors (Lipinski definition) is 7. The number of anilines is 2. The number of pyridine rings is 1. The van der Waals surface area contributed by atoms with Crippen LogP contribution in [0.25, 0.3) is 11.3 Å². The molecular weight excluding hydrogens is 496 g/mol. The third kappa shape index (κ3) is 4.52. The molecule has 1 aromatic carbocycles. The fraction of sp³-hybridized carbons (Fsp3) is 0.407. The average molecular weight is 525 g/mol. The molecule has 9 nitrogen and oxygen atoms in total. The normalized spacial score (nSPS) is 23.5. The van der Waals surface area contributed by atoms with Gasteiger partial charge in [-0.2, -0.15) is 0 Å². The Morgan fingerprint density at radius 1 is 1.30 bits per heavy atom. The number of rotatable bonds is 7. The van der Waals surface area contributed by atoms with Crippen LogP contribution in [-0.2, 0) is 9.47 Å². The Kier molecular flexibility index (Phi) is 6.01. The van der Waals surface area contributed by atoms with Gasteiger partial charge >= 0.3 is 0 Å². The highest BCUT2D eigenvalue weighted by Crippen LogP contribution is 2.51. The van der Waals surface area contributed by atoms with E-state index >= 15 is 0 Å². The Hall–Kier alpha value is -3.27. The molecule has 1 amide bonds. The van der Waals surface area contributed by atoms with E-state index in [9.17, 15) is 4.79 Å². The summed E-state index contributed by atoms with van der Waals surface area (Å²) in [6.07, 6.45) is 4.10. The summed E-state index contributed by atoms with van der Waals surface area (Å²) in [5, 5.41) is 7.00. The number of carbonyl (C=O) groups excluding carboxylic acids is 1. The lowest BCUT2D eigenvalue weighted by Crippen LogP contribution is -2.44. The van der Waals surface area contributed by atoms with Crippen LogP contribution in [0.4, 0.5) is 11.4 Å². The number of benzene rings is 1. The van der Waals surface area contributed by atoms with Crippen LogP contribution in [-0.4, -0.2) is 60.6 Å². The number of halogens is 1. The minimum absolute atomic E-state index is 0.119. The van der Waals surface area contributed by atoms with Crippen LogP contribution < -0.4 is 20.1 Å². The summed E-state index contributed by atoms with van der Waals surface area (Å²) < 4.78 is 23.6. The number of para-hydroxylation sites is 1. The first kappa shape index (κ1) is 24.1.